The molecule has 2 fully saturated rings. The standard InChI is InChI=1S/C19H30N4O/c1-2-20-19(21-13-15-7-6-10-18(15)24)22-16-11-12-23(14-16)17-8-4-3-5-9-17/h3-5,8-9,15-16,18,24H,2,6-7,10-14H2,1H3,(H2,20,21,22). The van der Waals surface area contributed by atoms with Gasteiger partial charge in [-0.3, -0.25) is 4.99 Å². The lowest BCUT2D eigenvalue weighted by molar-refractivity contribution is 0.136. The van der Waals surface area contributed by atoms with Gasteiger partial charge in [-0.2, -0.15) is 0 Å². The van der Waals surface area contributed by atoms with Gasteiger partial charge in [-0.1, -0.05) is 24.6 Å². The number of rotatable bonds is 5. The van der Waals surface area contributed by atoms with Gasteiger partial charge in [0.1, 0.15) is 0 Å². The van der Waals surface area contributed by atoms with Crippen LogP contribution in [0.2, 0.25) is 0 Å². The molecule has 0 radical (unpaired) electrons. The predicted octanol–water partition coefficient (Wildman–Crippen LogP) is 1.98. The molecule has 3 unspecified atom stereocenters. The van der Waals surface area contributed by atoms with Gasteiger partial charge >= 0.3 is 0 Å². The fourth-order valence-corrected chi connectivity index (χ4v) is 3.70. The zero-order valence-corrected chi connectivity index (χ0v) is 14.6. The molecule has 1 heterocycles. The lowest BCUT2D eigenvalue weighted by atomic mass is 10.1. The second-order valence-electron chi connectivity index (χ2n) is 6.89. The van der Waals surface area contributed by atoms with Crippen molar-refractivity contribution < 1.29 is 5.11 Å². The summed E-state index contributed by atoms with van der Waals surface area (Å²) in [6, 6.07) is 11.0. The number of anilines is 1. The van der Waals surface area contributed by atoms with Crippen molar-refractivity contribution in [1.29, 1.82) is 0 Å². The monoisotopic (exact) mass is 330 g/mol. The third-order valence-electron chi connectivity index (χ3n) is 5.10. The molecule has 132 valence electrons. The van der Waals surface area contributed by atoms with Crippen LogP contribution in [-0.4, -0.2) is 49.4 Å². The first kappa shape index (κ1) is 17.1. The summed E-state index contributed by atoms with van der Waals surface area (Å²) in [5.74, 6) is 1.21. The van der Waals surface area contributed by atoms with Crippen LogP contribution >= 0.6 is 0 Å². The number of aliphatic hydroxyl groups is 1. The Morgan fingerprint density at radius 3 is 2.79 bits per heavy atom. The Morgan fingerprint density at radius 1 is 1.25 bits per heavy atom. The summed E-state index contributed by atoms with van der Waals surface area (Å²) >= 11 is 0. The van der Waals surface area contributed by atoms with Gasteiger partial charge in [0, 0.05) is 43.8 Å². The van der Waals surface area contributed by atoms with Crippen molar-refractivity contribution in [1.82, 2.24) is 10.6 Å². The van der Waals surface area contributed by atoms with E-state index in [4.69, 9.17) is 4.99 Å². The van der Waals surface area contributed by atoms with Crippen LogP contribution in [0.5, 0.6) is 0 Å². The van der Waals surface area contributed by atoms with Crippen LogP contribution in [0, 0.1) is 5.92 Å². The van der Waals surface area contributed by atoms with Gasteiger partial charge in [0.15, 0.2) is 5.96 Å². The van der Waals surface area contributed by atoms with Crippen molar-refractivity contribution in [2.75, 3.05) is 31.1 Å². The van der Waals surface area contributed by atoms with E-state index in [1.54, 1.807) is 0 Å². The Kier molecular flexibility index (Phi) is 5.96. The number of aliphatic hydroxyl groups excluding tert-OH is 1. The van der Waals surface area contributed by atoms with Crippen LogP contribution in [0.25, 0.3) is 0 Å². The van der Waals surface area contributed by atoms with Crippen molar-refractivity contribution in [3.63, 3.8) is 0 Å². The maximum absolute atomic E-state index is 9.96. The Morgan fingerprint density at radius 2 is 2.08 bits per heavy atom. The summed E-state index contributed by atoms with van der Waals surface area (Å²) < 4.78 is 0. The quantitative estimate of drug-likeness (QED) is 0.571. The van der Waals surface area contributed by atoms with Crippen LogP contribution in [0.1, 0.15) is 32.6 Å². The predicted molar refractivity (Wildman–Crippen MR) is 99.5 cm³/mol. The Hall–Kier alpha value is -1.75. The fourth-order valence-electron chi connectivity index (χ4n) is 3.70. The van der Waals surface area contributed by atoms with Crippen molar-refractivity contribution in [3.8, 4) is 0 Å². The van der Waals surface area contributed by atoms with E-state index < -0.39 is 0 Å². The minimum atomic E-state index is -0.170. The SMILES string of the molecule is CCNC(=NCC1CCCC1O)NC1CCN(c2ccccc2)C1. The third-order valence-corrected chi connectivity index (χ3v) is 5.10. The minimum absolute atomic E-state index is 0.170. The second kappa shape index (κ2) is 8.38. The summed E-state index contributed by atoms with van der Waals surface area (Å²) in [5.41, 5.74) is 1.29. The Labute approximate surface area is 145 Å². The molecule has 1 aliphatic carbocycles. The van der Waals surface area contributed by atoms with E-state index in [-0.39, 0.29) is 6.10 Å². The number of benzene rings is 1. The van der Waals surface area contributed by atoms with E-state index in [9.17, 15) is 5.11 Å². The molecule has 0 aromatic heterocycles. The fraction of sp³-hybridized carbons (Fsp3) is 0.632. The number of hydrogen-bond donors (Lipinski definition) is 3. The first-order chi connectivity index (χ1) is 11.8. The largest absolute Gasteiger partial charge is 0.393 e. The third kappa shape index (κ3) is 4.41. The van der Waals surface area contributed by atoms with E-state index >= 15 is 0 Å². The van der Waals surface area contributed by atoms with Gasteiger partial charge in [0.2, 0.25) is 0 Å². The van der Waals surface area contributed by atoms with Gasteiger partial charge < -0.3 is 20.6 Å². The number of nitrogens with zero attached hydrogens (tertiary/aromatic N) is 2. The zero-order valence-electron chi connectivity index (χ0n) is 14.6. The summed E-state index contributed by atoms with van der Waals surface area (Å²) in [7, 11) is 0. The second-order valence-corrected chi connectivity index (χ2v) is 6.89. The van der Waals surface area contributed by atoms with Gasteiger partial charge in [-0.25, -0.2) is 0 Å². The summed E-state index contributed by atoms with van der Waals surface area (Å²) in [4.78, 5) is 7.14. The number of para-hydroxylation sites is 1. The molecule has 1 aliphatic heterocycles. The molecule has 1 aromatic carbocycles. The minimum Gasteiger partial charge on any atom is -0.393 e. The van der Waals surface area contributed by atoms with Gasteiger partial charge in [0.25, 0.3) is 0 Å². The molecular weight excluding hydrogens is 300 g/mol. The smallest absolute Gasteiger partial charge is 0.191 e. The molecule has 5 nitrogen and oxygen atoms in total. The van der Waals surface area contributed by atoms with Gasteiger partial charge in [-0.05, 0) is 38.3 Å². The van der Waals surface area contributed by atoms with Crippen LogP contribution in [0.4, 0.5) is 5.69 Å². The molecule has 0 spiro atoms. The molecule has 24 heavy (non-hydrogen) atoms. The normalized spacial score (nSPS) is 27.5. The van der Waals surface area contributed by atoms with Gasteiger partial charge in [-0.15, -0.1) is 0 Å². The summed E-state index contributed by atoms with van der Waals surface area (Å²) in [6.45, 7) is 5.73. The Bertz CT molecular complexity index is 533. The first-order valence-corrected chi connectivity index (χ1v) is 9.29. The van der Waals surface area contributed by atoms with Crippen molar-refractivity contribution in [2.45, 2.75) is 44.8 Å². The summed E-state index contributed by atoms with van der Waals surface area (Å²) in [5, 5.41) is 16.9. The highest BCUT2D eigenvalue weighted by atomic mass is 16.3. The van der Waals surface area contributed by atoms with Crippen LogP contribution in [0.3, 0.4) is 0 Å². The van der Waals surface area contributed by atoms with E-state index in [2.05, 4.69) is 52.8 Å². The number of nitrogens with one attached hydrogen (secondary N) is 2. The van der Waals surface area contributed by atoms with Crippen LogP contribution < -0.4 is 15.5 Å². The molecular formula is C19H30N4O. The van der Waals surface area contributed by atoms with Crippen molar-refractivity contribution >= 4 is 11.6 Å². The molecule has 1 saturated carbocycles. The topological polar surface area (TPSA) is 59.9 Å². The van der Waals surface area contributed by atoms with Crippen molar-refractivity contribution in [3.05, 3.63) is 30.3 Å². The molecule has 3 rings (SSSR count). The van der Waals surface area contributed by atoms with E-state index in [0.717, 1.165) is 51.3 Å². The highest BCUT2D eigenvalue weighted by molar-refractivity contribution is 5.80. The lowest BCUT2D eigenvalue weighted by Gasteiger charge is -2.21. The van der Waals surface area contributed by atoms with Crippen LogP contribution in [-0.2, 0) is 0 Å². The molecule has 1 aromatic rings. The van der Waals surface area contributed by atoms with Gasteiger partial charge in [0.05, 0.1) is 6.10 Å². The highest BCUT2D eigenvalue weighted by Crippen LogP contribution is 2.25. The lowest BCUT2D eigenvalue weighted by Crippen LogP contribution is -2.45. The molecule has 0 bridgehead atoms. The zero-order chi connectivity index (χ0) is 16.8. The number of hydrogen-bond acceptors (Lipinski definition) is 3. The first-order valence-electron chi connectivity index (χ1n) is 9.29. The average Bonchev–Trinajstić information content (AvgIpc) is 3.23. The van der Waals surface area contributed by atoms with E-state index in [0.29, 0.717) is 18.5 Å². The number of guanidine groups is 1. The summed E-state index contributed by atoms with van der Waals surface area (Å²) in [6.07, 6.45) is 4.09. The van der Waals surface area contributed by atoms with Crippen molar-refractivity contribution in [2.24, 2.45) is 10.9 Å². The Balaban J connectivity index is 1.54. The molecule has 2 aliphatic rings. The van der Waals surface area contributed by atoms with E-state index in [1.165, 1.54) is 5.69 Å². The molecule has 1 saturated heterocycles. The van der Waals surface area contributed by atoms with E-state index in [1.807, 2.05) is 0 Å². The molecule has 3 atom stereocenters. The average molecular weight is 330 g/mol. The molecule has 0 amide bonds. The number of aliphatic imine (C=N–C) groups is 1. The molecule has 3 N–H and O–H groups in total. The maximum atomic E-state index is 9.96. The van der Waals surface area contributed by atoms with Crippen LogP contribution in [0.15, 0.2) is 35.3 Å². The molecule has 5 heteroatoms. The maximum Gasteiger partial charge on any atom is 0.191 e. The highest BCUT2D eigenvalue weighted by Gasteiger charge is 2.26.